The van der Waals surface area contributed by atoms with Crippen molar-refractivity contribution in [2.75, 3.05) is 38.2 Å². The summed E-state index contributed by atoms with van der Waals surface area (Å²) >= 11 is 0. The normalized spacial score (nSPS) is 14.8. The molecule has 170 valence electrons. The van der Waals surface area contributed by atoms with Gasteiger partial charge >= 0.3 is 0 Å². The van der Waals surface area contributed by atoms with Crippen LogP contribution in [0.25, 0.3) is 22.4 Å². The fourth-order valence-corrected chi connectivity index (χ4v) is 4.31. The lowest BCUT2D eigenvalue weighted by Gasteiger charge is -2.36. The van der Waals surface area contributed by atoms with Crippen LogP contribution in [0.1, 0.15) is 31.2 Å². The van der Waals surface area contributed by atoms with Crippen LogP contribution in [0.15, 0.2) is 59.3 Å². The van der Waals surface area contributed by atoms with Crippen LogP contribution in [0.5, 0.6) is 5.75 Å². The summed E-state index contributed by atoms with van der Waals surface area (Å²) in [5.41, 5.74) is 4.44. The van der Waals surface area contributed by atoms with Crippen molar-refractivity contribution in [3.8, 4) is 17.2 Å². The van der Waals surface area contributed by atoms with Gasteiger partial charge in [-0.15, -0.1) is 0 Å². The average molecular weight is 444 g/mol. The molecule has 1 aliphatic rings. The molecule has 0 aliphatic carbocycles. The summed E-state index contributed by atoms with van der Waals surface area (Å²) in [7, 11) is 1.68. The molecule has 0 spiro atoms. The molecule has 0 atom stereocenters. The van der Waals surface area contributed by atoms with Gasteiger partial charge in [-0.05, 0) is 41.8 Å². The van der Waals surface area contributed by atoms with Crippen molar-refractivity contribution in [2.24, 2.45) is 0 Å². The van der Waals surface area contributed by atoms with Crippen LogP contribution >= 0.6 is 0 Å². The third-order valence-electron chi connectivity index (χ3n) is 6.30. The molecule has 33 heavy (non-hydrogen) atoms. The Kier molecular flexibility index (Phi) is 5.96. The number of anilines is 1. The van der Waals surface area contributed by atoms with Crippen molar-refractivity contribution in [3.05, 3.63) is 66.1 Å². The van der Waals surface area contributed by atoms with Gasteiger partial charge in [0.05, 0.1) is 19.2 Å². The number of hydrogen-bond acceptors (Lipinski definition) is 7. The van der Waals surface area contributed by atoms with Gasteiger partial charge in [-0.2, -0.15) is 4.98 Å². The zero-order valence-electron chi connectivity index (χ0n) is 19.4. The van der Waals surface area contributed by atoms with E-state index in [2.05, 4.69) is 75.2 Å². The maximum atomic E-state index is 5.53. The summed E-state index contributed by atoms with van der Waals surface area (Å²) in [5.74, 6) is 2.64. The first-order chi connectivity index (χ1) is 16.1. The SMILES string of the molecule is COc1ccc2c(N3CCN(Cc4noc(-c5ccc(C(C)C)cc5)n4)CC3)ccnc2c1. The van der Waals surface area contributed by atoms with E-state index in [0.29, 0.717) is 18.4 Å². The van der Waals surface area contributed by atoms with E-state index < -0.39 is 0 Å². The lowest BCUT2D eigenvalue weighted by atomic mass is 10.0. The first-order valence-corrected chi connectivity index (χ1v) is 11.4. The lowest BCUT2D eigenvalue weighted by Crippen LogP contribution is -2.46. The Morgan fingerprint density at radius 1 is 1.00 bits per heavy atom. The summed E-state index contributed by atoms with van der Waals surface area (Å²) in [4.78, 5) is 13.9. The predicted octanol–water partition coefficient (Wildman–Crippen LogP) is 4.74. The summed E-state index contributed by atoms with van der Waals surface area (Å²) < 4.78 is 10.9. The summed E-state index contributed by atoms with van der Waals surface area (Å²) in [6, 6.07) is 16.5. The number of methoxy groups -OCH3 is 1. The summed E-state index contributed by atoms with van der Waals surface area (Å²) in [6.07, 6.45) is 1.87. The van der Waals surface area contributed by atoms with Crippen molar-refractivity contribution in [2.45, 2.75) is 26.3 Å². The molecule has 1 saturated heterocycles. The fourth-order valence-electron chi connectivity index (χ4n) is 4.31. The maximum Gasteiger partial charge on any atom is 0.257 e. The maximum absolute atomic E-state index is 5.53. The van der Waals surface area contributed by atoms with Crippen molar-refractivity contribution in [1.82, 2.24) is 20.0 Å². The number of ether oxygens (including phenoxy) is 1. The molecule has 1 fully saturated rings. The molecular formula is C26H29N5O2. The first kappa shape index (κ1) is 21.4. The van der Waals surface area contributed by atoms with Crippen LogP contribution in [-0.4, -0.2) is 53.3 Å². The molecule has 7 nitrogen and oxygen atoms in total. The Balaban J connectivity index is 1.22. The standard InChI is InChI=1S/C26H29N5O2/c1-18(2)19-4-6-20(7-5-19)26-28-25(29-33-26)17-30-12-14-31(15-13-30)24-10-11-27-23-16-21(32-3)8-9-22(23)24/h4-11,16,18H,12-15,17H2,1-3H3. The lowest BCUT2D eigenvalue weighted by molar-refractivity contribution is 0.240. The van der Waals surface area contributed by atoms with Crippen molar-refractivity contribution in [1.29, 1.82) is 0 Å². The van der Waals surface area contributed by atoms with Gasteiger partial charge in [0.1, 0.15) is 5.75 Å². The third-order valence-corrected chi connectivity index (χ3v) is 6.30. The van der Waals surface area contributed by atoms with Gasteiger partial charge in [0.2, 0.25) is 0 Å². The van der Waals surface area contributed by atoms with Gasteiger partial charge in [-0.3, -0.25) is 9.88 Å². The molecule has 7 heteroatoms. The number of fused-ring (bicyclic) bond motifs is 1. The minimum Gasteiger partial charge on any atom is -0.497 e. The minimum absolute atomic E-state index is 0.504. The number of piperazine rings is 1. The average Bonchev–Trinajstić information content (AvgIpc) is 3.32. The number of benzene rings is 2. The zero-order chi connectivity index (χ0) is 22.8. The second kappa shape index (κ2) is 9.19. The van der Waals surface area contributed by atoms with E-state index in [1.54, 1.807) is 7.11 Å². The van der Waals surface area contributed by atoms with Gasteiger partial charge < -0.3 is 14.2 Å². The zero-order valence-corrected chi connectivity index (χ0v) is 19.4. The highest BCUT2D eigenvalue weighted by atomic mass is 16.5. The molecule has 1 aliphatic heterocycles. The van der Waals surface area contributed by atoms with Crippen LogP contribution < -0.4 is 9.64 Å². The largest absolute Gasteiger partial charge is 0.497 e. The number of rotatable bonds is 6. The molecule has 2 aromatic heterocycles. The highest BCUT2D eigenvalue weighted by Gasteiger charge is 2.21. The van der Waals surface area contributed by atoms with Gasteiger partial charge in [-0.1, -0.05) is 31.1 Å². The van der Waals surface area contributed by atoms with Gasteiger partial charge in [0, 0.05) is 55.1 Å². The van der Waals surface area contributed by atoms with Gasteiger partial charge in [0.25, 0.3) is 5.89 Å². The van der Waals surface area contributed by atoms with Crippen LogP contribution in [-0.2, 0) is 6.54 Å². The smallest absolute Gasteiger partial charge is 0.257 e. The van der Waals surface area contributed by atoms with Crippen molar-refractivity contribution >= 4 is 16.6 Å². The van der Waals surface area contributed by atoms with E-state index in [1.165, 1.54) is 11.3 Å². The van der Waals surface area contributed by atoms with E-state index in [0.717, 1.165) is 54.2 Å². The Bertz CT molecular complexity index is 1230. The van der Waals surface area contributed by atoms with E-state index in [-0.39, 0.29) is 0 Å². The summed E-state index contributed by atoms with van der Waals surface area (Å²) in [5, 5.41) is 5.37. The fraction of sp³-hybridized carbons (Fsp3) is 0.346. The van der Waals surface area contributed by atoms with Gasteiger partial charge in [0.15, 0.2) is 5.82 Å². The van der Waals surface area contributed by atoms with Crippen molar-refractivity contribution in [3.63, 3.8) is 0 Å². The quantitative estimate of drug-likeness (QED) is 0.426. The van der Waals surface area contributed by atoms with E-state index in [9.17, 15) is 0 Å². The van der Waals surface area contributed by atoms with Crippen LogP contribution in [0.3, 0.4) is 0 Å². The second-order valence-electron chi connectivity index (χ2n) is 8.77. The molecule has 0 N–H and O–H groups in total. The molecule has 0 unspecified atom stereocenters. The first-order valence-electron chi connectivity index (χ1n) is 11.4. The molecule has 0 saturated carbocycles. The van der Waals surface area contributed by atoms with Gasteiger partial charge in [-0.25, -0.2) is 0 Å². The molecule has 0 bridgehead atoms. The molecule has 5 rings (SSSR count). The predicted molar refractivity (Wildman–Crippen MR) is 130 cm³/mol. The van der Waals surface area contributed by atoms with E-state index in [4.69, 9.17) is 9.26 Å². The highest BCUT2D eigenvalue weighted by Crippen LogP contribution is 2.29. The molecule has 0 amide bonds. The number of pyridine rings is 1. The number of nitrogens with zero attached hydrogens (tertiary/aromatic N) is 5. The van der Waals surface area contributed by atoms with E-state index >= 15 is 0 Å². The molecule has 0 radical (unpaired) electrons. The van der Waals surface area contributed by atoms with Crippen LogP contribution in [0, 0.1) is 0 Å². The number of hydrogen-bond donors (Lipinski definition) is 0. The Hall–Kier alpha value is -3.45. The molecular weight excluding hydrogens is 414 g/mol. The Morgan fingerprint density at radius 3 is 2.52 bits per heavy atom. The van der Waals surface area contributed by atoms with E-state index in [1.807, 2.05) is 18.3 Å². The Morgan fingerprint density at radius 2 is 1.79 bits per heavy atom. The molecule has 3 heterocycles. The monoisotopic (exact) mass is 443 g/mol. The minimum atomic E-state index is 0.504. The highest BCUT2D eigenvalue weighted by molar-refractivity contribution is 5.92. The molecule has 4 aromatic rings. The second-order valence-corrected chi connectivity index (χ2v) is 8.77. The number of aromatic nitrogens is 3. The Labute approximate surface area is 194 Å². The topological polar surface area (TPSA) is 67.5 Å². The summed E-state index contributed by atoms with van der Waals surface area (Å²) in [6.45, 7) is 8.82. The molecule has 2 aromatic carbocycles. The van der Waals surface area contributed by atoms with Crippen LogP contribution in [0.4, 0.5) is 5.69 Å². The van der Waals surface area contributed by atoms with Crippen molar-refractivity contribution < 1.29 is 9.26 Å². The third kappa shape index (κ3) is 4.54. The van der Waals surface area contributed by atoms with Crippen LogP contribution in [0.2, 0.25) is 0 Å².